The summed E-state index contributed by atoms with van der Waals surface area (Å²) in [5, 5.41) is 15.5. The van der Waals surface area contributed by atoms with E-state index in [1.807, 2.05) is 25.3 Å². The second-order valence-electron chi connectivity index (χ2n) is 8.22. The summed E-state index contributed by atoms with van der Waals surface area (Å²) in [6, 6.07) is 10.3. The molecule has 11 heteroatoms. The molecule has 0 saturated carbocycles. The Morgan fingerprint density at radius 2 is 1.97 bits per heavy atom. The predicted molar refractivity (Wildman–Crippen MR) is 126 cm³/mol. The highest BCUT2D eigenvalue weighted by Crippen LogP contribution is 2.31. The average Bonchev–Trinajstić information content (AvgIpc) is 3.60. The number of nitrogens with zero attached hydrogens (tertiary/aromatic N) is 7. The third-order valence-corrected chi connectivity index (χ3v) is 5.59. The Balaban J connectivity index is 1.44. The van der Waals surface area contributed by atoms with Gasteiger partial charge in [0, 0.05) is 74.3 Å². The minimum absolute atomic E-state index is 0.133. The molecule has 0 aromatic carbocycles. The molecule has 5 rings (SSSR count). The molecule has 0 aliphatic rings. The van der Waals surface area contributed by atoms with E-state index in [-0.39, 0.29) is 11.8 Å². The number of carbonyl (C=O) groups is 1. The predicted octanol–water partition coefficient (Wildman–Crippen LogP) is 3.73. The van der Waals surface area contributed by atoms with Crippen molar-refractivity contribution in [1.82, 2.24) is 34.2 Å². The van der Waals surface area contributed by atoms with E-state index in [1.165, 1.54) is 13.0 Å². The molecule has 178 valence electrons. The van der Waals surface area contributed by atoms with Gasteiger partial charge in [-0.15, -0.1) is 0 Å². The largest absolute Gasteiger partial charge is 0.447 e. The maximum atomic E-state index is 15.3. The zero-order valence-electron chi connectivity index (χ0n) is 19.2. The van der Waals surface area contributed by atoms with Crippen LogP contribution in [0.2, 0.25) is 0 Å². The number of ether oxygens (including phenoxy) is 1. The molecule has 0 saturated heterocycles. The van der Waals surface area contributed by atoms with E-state index in [0.717, 1.165) is 0 Å². The van der Waals surface area contributed by atoms with Crippen LogP contribution in [-0.2, 0) is 17.1 Å². The smallest absolute Gasteiger partial charge is 0.252 e. The van der Waals surface area contributed by atoms with Gasteiger partial charge in [0.05, 0.1) is 5.52 Å². The van der Waals surface area contributed by atoms with E-state index < -0.39 is 11.5 Å². The highest BCUT2D eigenvalue weighted by molar-refractivity contribution is 5.90. The lowest BCUT2D eigenvalue weighted by Gasteiger charge is -2.30. The van der Waals surface area contributed by atoms with Gasteiger partial charge in [-0.2, -0.15) is 15.3 Å². The second kappa shape index (κ2) is 9.01. The lowest BCUT2D eigenvalue weighted by molar-refractivity contribution is -0.114. The fourth-order valence-electron chi connectivity index (χ4n) is 3.87. The number of nitrogens with one attached hydrogen (secondary N) is 1. The van der Waals surface area contributed by atoms with Crippen LogP contribution in [0.15, 0.2) is 73.6 Å². The Hall–Kier alpha value is -4.54. The number of amides is 1. The highest BCUT2D eigenvalue weighted by atomic mass is 19.1. The summed E-state index contributed by atoms with van der Waals surface area (Å²) < 4.78 is 26.4. The molecule has 1 unspecified atom stereocenters. The Morgan fingerprint density at radius 3 is 2.69 bits per heavy atom. The Kier molecular flexibility index (Phi) is 5.73. The van der Waals surface area contributed by atoms with Gasteiger partial charge in [-0.05, 0) is 31.2 Å². The van der Waals surface area contributed by atoms with Crippen LogP contribution < -0.4 is 10.1 Å². The molecule has 1 atom stereocenters. The molecule has 5 heterocycles. The van der Waals surface area contributed by atoms with Crippen LogP contribution in [0.4, 0.5) is 10.2 Å². The summed E-state index contributed by atoms with van der Waals surface area (Å²) in [7, 11) is 0. The van der Waals surface area contributed by atoms with Crippen molar-refractivity contribution in [2.24, 2.45) is 0 Å². The molecule has 35 heavy (non-hydrogen) atoms. The lowest BCUT2D eigenvalue weighted by atomic mass is 10.1. The summed E-state index contributed by atoms with van der Waals surface area (Å²) in [4.78, 5) is 15.7. The van der Waals surface area contributed by atoms with Gasteiger partial charge in [0.1, 0.15) is 0 Å². The van der Waals surface area contributed by atoms with E-state index in [4.69, 9.17) is 4.74 Å². The number of aryl methyl sites for hydroxylation is 1. The van der Waals surface area contributed by atoms with Crippen molar-refractivity contribution in [1.29, 1.82) is 0 Å². The first-order valence-corrected chi connectivity index (χ1v) is 11.0. The Labute approximate surface area is 200 Å². The summed E-state index contributed by atoms with van der Waals surface area (Å²) in [6.45, 7) is 3.78. The number of hydrogen-bond donors (Lipinski definition) is 1. The lowest BCUT2D eigenvalue weighted by Crippen LogP contribution is -2.38. The summed E-state index contributed by atoms with van der Waals surface area (Å²) in [6.07, 6.45) is 10.7. The van der Waals surface area contributed by atoms with E-state index in [9.17, 15) is 4.79 Å². The van der Waals surface area contributed by atoms with E-state index in [1.54, 1.807) is 63.1 Å². The van der Waals surface area contributed by atoms with Crippen LogP contribution in [0.25, 0.3) is 16.6 Å². The molecule has 1 N–H and O–H groups in total. The van der Waals surface area contributed by atoms with E-state index >= 15 is 4.39 Å². The first-order valence-electron chi connectivity index (χ1n) is 11.0. The third kappa shape index (κ3) is 4.60. The molecule has 5 aromatic rings. The van der Waals surface area contributed by atoms with Gasteiger partial charge in [0.15, 0.2) is 11.6 Å². The maximum absolute atomic E-state index is 15.3. The van der Waals surface area contributed by atoms with Crippen molar-refractivity contribution >= 4 is 17.2 Å². The SMILES string of the molecule is CC(=O)Nc1cc2c(-c3cnc(OC(C)(CCn4cccn4)n4cccn4)c(F)c3)cccn2n1. The second-order valence-corrected chi connectivity index (χ2v) is 8.22. The molecular weight excluding hydrogens is 451 g/mol. The number of carbonyl (C=O) groups excluding carboxylic acids is 1. The Morgan fingerprint density at radius 1 is 1.14 bits per heavy atom. The maximum Gasteiger partial charge on any atom is 0.252 e. The fraction of sp³-hybridized carbons (Fsp3) is 0.208. The number of fused-ring (bicyclic) bond motifs is 1. The van der Waals surface area contributed by atoms with Crippen LogP contribution in [0, 0.1) is 5.82 Å². The molecule has 5 aromatic heterocycles. The number of hydrogen-bond acceptors (Lipinski definition) is 6. The molecule has 0 aliphatic heterocycles. The van der Waals surface area contributed by atoms with Gasteiger partial charge in [-0.1, -0.05) is 6.07 Å². The summed E-state index contributed by atoms with van der Waals surface area (Å²) in [5.74, 6) is -0.558. The highest BCUT2D eigenvalue weighted by Gasteiger charge is 2.31. The van der Waals surface area contributed by atoms with Crippen molar-refractivity contribution in [2.45, 2.75) is 32.5 Å². The molecule has 0 bridgehead atoms. The van der Waals surface area contributed by atoms with Gasteiger partial charge >= 0.3 is 0 Å². The molecular formula is C24H23FN8O2. The first-order chi connectivity index (χ1) is 16.9. The van der Waals surface area contributed by atoms with Gasteiger partial charge in [-0.25, -0.2) is 18.6 Å². The van der Waals surface area contributed by atoms with Crippen LogP contribution in [0.5, 0.6) is 5.88 Å². The molecule has 0 radical (unpaired) electrons. The van der Waals surface area contributed by atoms with Crippen molar-refractivity contribution in [3.8, 4) is 17.0 Å². The normalized spacial score (nSPS) is 13.0. The topological polar surface area (TPSA) is 104 Å². The molecule has 0 spiro atoms. The fourth-order valence-corrected chi connectivity index (χ4v) is 3.87. The molecule has 10 nitrogen and oxygen atoms in total. The zero-order valence-corrected chi connectivity index (χ0v) is 19.2. The van der Waals surface area contributed by atoms with Gasteiger partial charge in [-0.3, -0.25) is 9.48 Å². The molecule has 0 fully saturated rings. The van der Waals surface area contributed by atoms with Crippen molar-refractivity contribution < 1.29 is 13.9 Å². The van der Waals surface area contributed by atoms with Crippen molar-refractivity contribution in [3.63, 3.8) is 0 Å². The standard InChI is InChI=1S/C24H23FN8O2/c1-17(34)29-22-15-21-19(6-3-11-32(21)30-22)18-14-20(25)23(26-16-18)35-24(2,33-12-5-9-28-33)7-13-31-10-4-8-27-31/h3-6,8-12,14-16H,7,13H2,1-2H3,(H,29,30,34). The average molecular weight is 475 g/mol. The van der Waals surface area contributed by atoms with E-state index in [0.29, 0.717) is 35.4 Å². The summed E-state index contributed by atoms with van der Waals surface area (Å²) in [5.41, 5.74) is 0.964. The first kappa shape index (κ1) is 22.3. The third-order valence-electron chi connectivity index (χ3n) is 5.59. The minimum Gasteiger partial charge on any atom is -0.447 e. The number of anilines is 1. The number of pyridine rings is 2. The zero-order chi connectivity index (χ0) is 24.4. The minimum atomic E-state index is -0.996. The van der Waals surface area contributed by atoms with Crippen molar-refractivity contribution in [3.05, 3.63) is 79.4 Å². The van der Waals surface area contributed by atoms with Crippen molar-refractivity contribution in [2.75, 3.05) is 5.32 Å². The number of aromatic nitrogens is 7. The van der Waals surface area contributed by atoms with Crippen LogP contribution >= 0.6 is 0 Å². The quantitative estimate of drug-likeness (QED) is 0.368. The monoisotopic (exact) mass is 474 g/mol. The van der Waals surface area contributed by atoms with E-state index in [2.05, 4.69) is 25.6 Å². The number of rotatable bonds is 8. The molecule has 1 amide bonds. The van der Waals surface area contributed by atoms with Crippen LogP contribution in [-0.4, -0.2) is 40.1 Å². The molecule has 0 aliphatic carbocycles. The summed E-state index contributed by atoms with van der Waals surface area (Å²) >= 11 is 0. The van der Waals surface area contributed by atoms with Crippen LogP contribution in [0.1, 0.15) is 20.3 Å². The van der Waals surface area contributed by atoms with Gasteiger partial charge < -0.3 is 10.1 Å². The Bertz CT molecular complexity index is 1460. The van der Waals surface area contributed by atoms with Gasteiger partial charge in [0.25, 0.3) is 5.88 Å². The number of halogens is 1. The van der Waals surface area contributed by atoms with Crippen LogP contribution in [0.3, 0.4) is 0 Å². The van der Waals surface area contributed by atoms with Gasteiger partial charge in [0.2, 0.25) is 11.6 Å².